The number of carbonyl (C=O) groups excluding carboxylic acids is 2. The van der Waals surface area contributed by atoms with Crippen LogP contribution in [-0.4, -0.2) is 37.9 Å². The number of nitrogens with zero attached hydrogens (tertiary/aromatic N) is 4. The van der Waals surface area contributed by atoms with E-state index >= 15 is 0 Å². The van der Waals surface area contributed by atoms with Crippen LogP contribution in [-0.2, 0) is 11.3 Å². The Morgan fingerprint density at radius 1 is 1.11 bits per heavy atom. The van der Waals surface area contributed by atoms with E-state index in [-0.39, 0.29) is 28.9 Å². The van der Waals surface area contributed by atoms with Gasteiger partial charge in [0.25, 0.3) is 5.91 Å². The zero-order valence-corrected chi connectivity index (χ0v) is 22.5. The fourth-order valence-corrected chi connectivity index (χ4v) is 4.96. The van der Waals surface area contributed by atoms with Gasteiger partial charge in [-0.3, -0.25) is 4.79 Å². The highest BCUT2D eigenvalue weighted by molar-refractivity contribution is 14.1. The van der Waals surface area contributed by atoms with Crippen molar-refractivity contribution in [3.63, 3.8) is 0 Å². The summed E-state index contributed by atoms with van der Waals surface area (Å²) in [6, 6.07) is 9.73. The summed E-state index contributed by atoms with van der Waals surface area (Å²) in [5.74, 6) is 0.396. The van der Waals surface area contributed by atoms with E-state index in [1.165, 1.54) is 29.2 Å². The van der Waals surface area contributed by atoms with Crippen LogP contribution in [0, 0.1) is 3.57 Å². The second kappa shape index (κ2) is 10.1. The number of amides is 3. The Hall–Kier alpha value is -2.58. The molecule has 3 aromatic rings. The molecular weight excluding hydrogens is 630 g/mol. The van der Waals surface area contributed by atoms with E-state index in [1.807, 2.05) is 0 Å². The molecule has 36 heavy (non-hydrogen) atoms. The van der Waals surface area contributed by atoms with Gasteiger partial charge in [0.15, 0.2) is 0 Å². The molecule has 1 fully saturated rings. The fourth-order valence-electron chi connectivity index (χ4n) is 3.58. The van der Waals surface area contributed by atoms with E-state index in [4.69, 9.17) is 11.6 Å². The zero-order chi connectivity index (χ0) is 26.3. The molecule has 0 spiro atoms. The minimum absolute atomic E-state index is 0.0407. The summed E-state index contributed by atoms with van der Waals surface area (Å²) in [5, 5.41) is 3.46. The summed E-state index contributed by atoms with van der Waals surface area (Å²) in [6.07, 6.45) is 3.21. The quantitative estimate of drug-likeness (QED) is 0.179. The average molecular weight is 648 g/mol. The molecule has 0 radical (unpaired) electrons. The monoisotopic (exact) mass is 647 g/mol. The van der Waals surface area contributed by atoms with Crippen LogP contribution in [0.1, 0.15) is 19.4 Å². The van der Waals surface area contributed by atoms with E-state index in [0.717, 1.165) is 8.47 Å². The van der Waals surface area contributed by atoms with Gasteiger partial charge >= 0.3 is 11.5 Å². The van der Waals surface area contributed by atoms with Crippen LogP contribution in [0.2, 0.25) is 5.02 Å². The predicted octanol–water partition coefficient (Wildman–Crippen LogP) is 6.84. The molecule has 1 saturated heterocycles. The number of rotatable bonds is 6. The number of alkyl halides is 3. The van der Waals surface area contributed by atoms with E-state index in [1.54, 1.807) is 44.4 Å². The summed E-state index contributed by atoms with van der Waals surface area (Å²) in [6.45, 7) is 3.34. The molecule has 0 saturated carbocycles. The SMILES string of the molecule is CC1(C)C(=O)N(c2ccc(SC(F)(F)F)cc2)C(=O)N1Cc1ccnc(Nc2ncc(I)cc2Cl)c1. The van der Waals surface area contributed by atoms with Gasteiger partial charge in [-0.25, -0.2) is 19.7 Å². The van der Waals surface area contributed by atoms with Gasteiger partial charge in [-0.2, -0.15) is 13.2 Å². The number of hydrogen-bond donors (Lipinski definition) is 1. The summed E-state index contributed by atoms with van der Waals surface area (Å²) in [5.41, 5.74) is -4.72. The number of thioether (sulfide) groups is 1. The molecule has 7 nitrogen and oxygen atoms in total. The molecule has 188 valence electrons. The summed E-state index contributed by atoms with van der Waals surface area (Å²) in [7, 11) is 0. The fraction of sp³-hybridized carbons (Fsp3) is 0.217. The normalized spacial score (nSPS) is 15.5. The van der Waals surface area contributed by atoms with Crippen molar-refractivity contribution in [2.45, 2.75) is 36.3 Å². The molecule has 1 aliphatic heterocycles. The molecule has 13 heteroatoms. The highest BCUT2D eigenvalue weighted by Crippen LogP contribution is 2.39. The van der Waals surface area contributed by atoms with Crippen LogP contribution in [0.25, 0.3) is 0 Å². The average Bonchev–Trinajstić information content (AvgIpc) is 2.95. The Balaban J connectivity index is 1.54. The van der Waals surface area contributed by atoms with Gasteiger partial charge in [-0.05, 0) is 96.2 Å². The first-order chi connectivity index (χ1) is 16.8. The number of halogens is 5. The van der Waals surface area contributed by atoms with Gasteiger partial charge in [0, 0.05) is 27.4 Å². The van der Waals surface area contributed by atoms with Crippen molar-refractivity contribution >= 4 is 75.2 Å². The van der Waals surface area contributed by atoms with Gasteiger partial charge in [0.1, 0.15) is 17.2 Å². The molecule has 2 aromatic heterocycles. The Labute approximate surface area is 227 Å². The molecule has 3 amide bonds. The largest absolute Gasteiger partial charge is 0.446 e. The maximum Gasteiger partial charge on any atom is 0.446 e. The lowest BCUT2D eigenvalue weighted by atomic mass is 10.0. The third kappa shape index (κ3) is 5.70. The molecule has 0 aliphatic carbocycles. The number of anilines is 3. The number of hydrogen-bond acceptors (Lipinski definition) is 6. The standard InChI is InChI=1S/C23H18ClF3IN5O2S/c1-22(2)20(34)33(15-3-5-16(6-4-15)36-23(25,26)27)21(35)32(22)12-13-7-8-29-18(9-13)31-19-17(24)10-14(28)11-30-19/h3-11H,12H2,1-2H3,(H,29,30,31). The van der Waals surface area contributed by atoms with E-state index in [2.05, 4.69) is 37.9 Å². The van der Waals surface area contributed by atoms with E-state index in [9.17, 15) is 22.8 Å². The molecule has 1 aromatic carbocycles. The van der Waals surface area contributed by atoms with E-state index in [0.29, 0.717) is 22.2 Å². The molecule has 0 bridgehead atoms. The molecule has 0 atom stereocenters. The van der Waals surface area contributed by atoms with Gasteiger partial charge in [0.05, 0.1) is 10.7 Å². The van der Waals surface area contributed by atoms with E-state index < -0.39 is 23.0 Å². The number of nitrogens with one attached hydrogen (secondary N) is 1. The van der Waals surface area contributed by atoms with Gasteiger partial charge < -0.3 is 10.2 Å². The lowest BCUT2D eigenvalue weighted by Gasteiger charge is -2.27. The minimum Gasteiger partial charge on any atom is -0.324 e. The molecule has 1 N–H and O–H groups in total. The van der Waals surface area contributed by atoms with Crippen molar-refractivity contribution in [1.29, 1.82) is 0 Å². The number of carbonyl (C=O) groups is 2. The third-order valence-corrected chi connectivity index (χ3v) is 6.99. The third-order valence-electron chi connectivity index (χ3n) is 5.37. The van der Waals surface area contributed by atoms with Crippen molar-refractivity contribution in [1.82, 2.24) is 14.9 Å². The second-order valence-corrected chi connectivity index (χ2v) is 11.1. The molecule has 1 aliphatic rings. The van der Waals surface area contributed by atoms with Crippen LogP contribution in [0.15, 0.2) is 59.8 Å². The number of imide groups is 1. The van der Waals surface area contributed by atoms with Crippen molar-refractivity contribution in [2.75, 3.05) is 10.2 Å². The molecule has 3 heterocycles. The van der Waals surface area contributed by atoms with Crippen LogP contribution in [0.3, 0.4) is 0 Å². The summed E-state index contributed by atoms with van der Waals surface area (Å²) >= 11 is 8.07. The van der Waals surface area contributed by atoms with Crippen LogP contribution >= 0.6 is 46.0 Å². The highest BCUT2D eigenvalue weighted by Gasteiger charge is 2.51. The Kier molecular flexibility index (Phi) is 7.40. The molecule has 4 rings (SSSR count). The maximum absolute atomic E-state index is 13.3. The first-order valence-electron chi connectivity index (χ1n) is 10.4. The first-order valence-corrected chi connectivity index (χ1v) is 12.7. The summed E-state index contributed by atoms with van der Waals surface area (Å²) in [4.78, 5) is 37.3. The van der Waals surface area contributed by atoms with Crippen LogP contribution < -0.4 is 10.2 Å². The molecular formula is C23H18ClF3IN5O2S. The van der Waals surface area contributed by atoms with Crippen molar-refractivity contribution in [3.8, 4) is 0 Å². The lowest BCUT2D eigenvalue weighted by Crippen LogP contribution is -2.43. The second-order valence-electron chi connectivity index (χ2n) is 8.27. The van der Waals surface area contributed by atoms with Crippen molar-refractivity contribution in [3.05, 3.63) is 69.0 Å². The van der Waals surface area contributed by atoms with Crippen molar-refractivity contribution < 1.29 is 22.8 Å². The number of benzene rings is 1. The zero-order valence-electron chi connectivity index (χ0n) is 18.8. The van der Waals surface area contributed by atoms with Gasteiger partial charge in [-0.1, -0.05) is 11.6 Å². The smallest absolute Gasteiger partial charge is 0.324 e. The molecule has 0 unspecified atom stereocenters. The van der Waals surface area contributed by atoms with Crippen LogP contribution in [0.5, 0.6) is 0 Å². The highest BCUT2D eigenvalue weighted by atomic mass is 127. The Bertz CT molecular complexity index is 1320. The number of urea groups is 1. The van der Waals surface area contributed by atoms with Gasteiger partial charge in [-0.15, -0.1) is 0 Å². The first kappa shape index (κ1) is 26.5. The Morgan fingerprint density at radius 3 is 2.44 bits per heavy atom. The minimum atomic E-state index is -4.43. The number of aromatic nitrogens is 2. The maximum atomic E-state index is 13.3. The lowest BCUT2D eigenvalue weighted by molar-refractivity contribution is -0.123. The van der Waals surface area contributed by atoms with Gasteiger partial charge in [0.2, 0.25) is 0 Å². The topological polar surface area (TPSA) is 78.4 Å². The van der Waals surface area contributed by atoms with Crippen molar-refractivity contribution in [2.24, 2.45) is 0 Å². The summed E-state index contributed by atoms with van der Waals surface area (Å²) < 4.78 is 38.8. The Morgan fingerprint density at radius 2 is 1.81 bits per heavy atom. The van der Waals surface area contributed by atoms with Crippen LogP contribution in [0.4, 0.5) is 35.3 Å². The number of pyridine rings is 2. The predicted molar refractivity (Wildman–Crippen MR) is 140 cm³/mol.